The van der Waals surface area contributed by atoms with Crippen LogP contribution in [-0.2, 0) is 22.4 Å². The molecule has 14 heteroatoms. The van der Waals surface area contributed by atoms with E-state index in [1.54, 1.807) is 0 Å². The minimum atomic E-state index is -1.35. The molecule has 0 aliphatic rings. The third kappa shape index (κ3) is 6.87. The van der Waals surface area contributed by atoms with E-state index in [0.717, 1.165) is 42.6 Å². The smallest absolute Gasteiger partial charge is 0.246 e. The maximum atomic E-state index is 13.0. The van der Waals surface area contributed by atoms with Crippen LogP contribution in [0.3, 0.4) is 0 Å². The van der Waals surface area contributed by atoms with E-state index >= 15 is 0 Å². The molecular formula is C26H27N3O11. The number of nitrogens with one attached hydrogen (secondary N) is 2. The highest BCUT2D eigenvalue weighted by Gasteiger charge is 2.25. The molecule has 0 saturated carbocycles. The summed E-state index contributed by atoms with van der Waals surface area (Å²) in [5, 5.41) is 91.6. The Kier molecular flexibility index (Phi) is 8.66. The van der Waals surface area contributed by atoms with Crippen LogP contribution in [0.25, 0.3) is 6.08 Å². The summed E-state index contributed by atoms with van der Waals surface area (Å²) in [7, 11) is 0. The van der Waals surface area contributed by atoms with Gasteiger partial charge in [0.2, 0.25) is 11.8 Å². The van der Waals surface area contributed by atoms with Crippen LogP contribution in [0.5, 0.6) is 51.7 Å². The summed E-state index contributed by atoms with van der Waals surface area (Å²) in [5.74, 6) is -7.69. The molecule has 2 atom stereocenters. The highest BCUT2D eigenvalue weighted by molar-refractivity contribution is 5.90. The summed E-state index contributed by atoms with van der Waals surface area (Å²) in [6, 6.07) is 3.90. The number of benzene rings is 3. The van der Waals surface area contributed by atoms with Gasteiger partial charge in [-0.05, 0) is 65.6 Å². The van der Waals surface area contributed by atoms with E-state index in [9.17, 15) is 55.5 Å². The van der Waals surface area contributed by atoms with Crippen molar-refractivity contribution >= 4 is 17.9 Å². The number of amides is 2. The van der Waals surface area contributed by atoms with Crippen molar-refractivity contribution in [3.8, 4) is 51.7 Å². The highest BCUT2D eigenvalue weighted by atomic mass is 16.3. The number of nitrogens with two attached hydrogens (primary N) is 1. The summed E-state index contributed by atoms with van der Waals surface area (Å²) in [6.45, 7) is 0. The number of carbonyl (C=O) groups excluding carboxylic acids is 2. The van der Waals surface area contributed by atoms with E-state index in [4.69, 9.17) is 5.73 Å². The Morgan fingerprint density at radius 2 is 1.05 bits per heavy atom. The number of aromatic hydroxyl groups is 9. The predicted molar refractivity (Wildman–Crippen MR) is 139 cm³/mol. The van der Waals surface area contributed by atoms with Crippen LogP contribution in [0.4, 0.5) is 0 Å². The van der Waals surface area contributed by atoms with Crippen molar-refractivity contribution in [3.05, 3.63) is 59.3 Å². The molecule has 3 rings (SSSR count). The summed E-state index contributed by atoms with van der Waals surface area (Å²) in [5.41, 5.74) is 6.50. The lowest BCUT2D eigenvalue weighted by Crippen LogP contribution is -2.52. The first-order chi connectivity index (χ1) is 18.8. The van der Waals surface area contributed by atoms with E-state index in [-0.39, 0.29) is 29.5 Å². The number of hydrogen-bond donors (Lipinski definition) is 12. The summed E-state index contributed by atoms with van der Waals surface area (Å²) in [6.07, 6.45) is 1.89. The van der Waals surface area contributed by atoms with Crippen LogP contribution in [0.1, 0.15) is 16.7 Å². The molecule has 0 heterocycles. The number of rotatable bonds is 9. The first kappa shape index (κ1) is 29.1. The molecule has 0 aromatic heterocycles. The summed E-state index contributed by atoms with van der Waals surface area (Å²) >= 11 is 0. The van der Waals surface area contributed by atoms with Crippen molar-refractivity contribution in [1.82, 2.24) is 10.6 Å². The van der Waals surface area contributed by atoms with Crippen molar-refractivity contribution in [3.63, 3.8) is 0 Å². The summed E-state index contributed by atoms with van der Waals surface area (Å²) < 4.78 is 0. The molecule has 0 aliphatic carbocycles. The van der Waals surface area contributed by atoms with Gasteiger partial charge in [0.15, 0.2) is 51.7 Å². The standard InChI is InChI=1S/C26H27N3O11/c27-14(3-12-7-18(32)23(37)19(33)8-12)25(39)29-15(4-13-9-20(34)24(38)21(35)10-13)26(40)28-2-1-11-5-16(30)22(36)17(31)6-11/h1-2,5-10,14-15,30-38H,3-4,27H2,(H,28,40)(H,29,39)/b2-1+. The second kappa shape index (κ2) is 11.9. The SMILES string of the molecule is NC(Cc1cc(O)c(O)c(O)c1)C(=O)NC(Cc1cc(O)c(O)c(O)c1)C(=O)N/C=C/c1cc(O)c(O)c(O)c1. The minimum Gasteiger partial charge on any atom is -0.504 e. The number of phenols is 9. The van der Waals surface area contributed by atoms with Gasteiger partial charge < -0.3 is 62.3 Å². The minimum absolute atomic E-state index is 0.146. The number of phenolic OH excluding ortho intramolecular Hbond substituents is 9. The first-order valence-electron chi connectivity index (χ1n) is 11.5. The third-order valence-electron chi connectivity index (χ3n) is 5.72. The van der Waals surface area contributed by atoms with Crippen LogP contribution >= 0.6 is 0 Å². The molecule has 212 valence electrons. The highest BCUT2D eigenvalue weighted by Crippen LogP contribution is 2.37. The molecule has 40 heavy (non-hydrogen) atoms. The first-order valence-corrected chi connectivity index (χ1v) is 11.5. The molecule has 2 amide bonds. The quantitative estimate of drug-likeness (QED) is 0.160. The summed E-state index contributed by atoms with van der Waals surface area (Å²) in [4.78, 5) is 25.8. The van der Waals surface area contributed by atoms with E-state index in [2.05, 4.69) is 10.6 Å². The van der Waals surface area contributed by atoms with Crippen LogP contribution in [0, 0.1) is 0 Å². The lowest BCUT2D eigenvalue weighted by molar-refractivity contribution is -0.129. The van der Waals surface area contributed by atoms with Crippen molar-refractivity contribution in [2.24, 2.45) is 5.73 Å². The number of hydrogen-bond acceptors (Lipinski definition) is 12. The fourth-order valence-corrected chi connectivity index (χ4v) is 3.67. The third-order valence-corrected chi connectivity index (χ3v) is 5.72. The van der Waals surface area contributed by atoms with Gasteiger partial charge in [0.1, 0.15) is 6.04 Å². The van der Waals surface area contributed by atoms with Gasteiger partial charge in [-0.25, -0.2) is 0 Å². The number of carbonyl (C=O) groups is 2. The van der Waals surface area contributed by atoms with Crippen molar-refractivity contribution in [2.45, 2.75) is 24.9 Å². The second-order valence-corrected chi connectivity index (χ2v) is 8.79. The topological polar surface area (TPSA) is 266 Å². The van der Waals surface area contributed by atoms with Crippen molar-refractivity contribution < 1.29 is 55.5 Å². The van der Waals surface area contributed by atoms with Gasteiger partial charge in [0.05, 0.1) is 6.04 Å². The molecule has 3 aromatic rings. The molecule has 0 spiro atoms. The fraction of sp³-hybridized carbons (Fsp3) is 0.154. The second-order valence-electron chi connectivity index (χ2n) is 8.79. The average Bonchev–Trinajstić information content (AvgIpc) is 2.88. The van der Waals surface area contributed by atoms with Crippen molar-refractivity contribution in [2.75, 3.05) is 0 Å². The van der Waals surface area contributed by atoms with Crippen LogP contribution in [0.15, 0.2) is 42.6 Å². The Morgan fingerprint density at radius 1 is 0.650 bits per heavy atom. The molecule has 2 unspecified atom stereocenters. The lowest BCUT2D eigenvalue weighted by atomic mass is 10.0. The lowest BCUT2D eigenvalue weighted by Gasteiger charge is -2.21. The fourth-order valence-electron chi connectivity index (χ4n) is 3.67. The molecule has 13 N–H and O–H groups in total. The Morgan fingerprint density at radius 3 is 1.50 bits per heavy atom. The molecule has 0 bridgehead atoms. The van der Waals surface area contributed by atoms with E-state index < -0.39 is 75.6 Å². The molecular weight excluding hydrogens is 530 g/mol. The molecule has 14 nitrogen and oxygen atoms in total. The zero-order valence-corrected chi connectivity index (χ0v) is 20.6. The van der Waals surface area contributed by atoms with Gasteiger partial charge in [-0.15, -0.1) is 0 Å². The predicted octanol–water partition coefficient (Wildman–Crippen LogP) is 0.421. The van der Waals surface area contributed by atoms with Gasteiger partial charge in [0, 0.05) is 12.6 Å². The van der Waals surface area contributed by atoms with Gasteiger partial charge >= 0.3 is 0 Å². The van der Waals surface area contributed by atoms with Gasteiger partial charge in [-0.1, -0.05) is 0 Å². The van der Waals surface area contributed by atoms with Gasteiger partial charge in [0.25, 0.3) is 0 Å². The molecule has 0 fully saturated rings. The Balaban J connectivity index is 1.79. The van der Waals surface area contributed by atoms with E-state index in [0.29, 0.717) is 0 Å². The van der Waals surface area contributed by atoms with Crippen LogP contribution in [0.2, 0.25) is 0 Å². The molecule has 0 radical (unpaired) electrons. The average molecular weight is 558 g/mol. The largest absolute Gasteiger partial charge is 0.504 e. The van der Waals surface area contributed by atoms with Crippen LogP contribution in [-0.4, -0.2) is 69.9 Å². The van der Waals surface area contributed by atoms with Crippen LogP contribution < -0.4 is 16.4 Å². The monoisotopic (exact) mass is 557 g/mol. The van der Waals surface area contributed by atoms with Gasteiger partial charge in [-0.2, -0.15) is 0 Å². The molecule has 3 aromatic carbocycles. The molecule has 0 aliphatic heterocycles. The Labute approximate surface area is 226 Å². The normalized spacial score (nSPS) is 12.6. The van der Waals surface area contributed by atoms with E-state index in [1.807, 2.05) is 0 Å². The maximum absolute atomic E-state index is 13.0. The Bertz CT molecular complexity index is 1400. The Hall–Kier alpha value is -5.50. The zero-order valence-electron chi connectivity index (χ0n) is 20.6. The zero-order chi connectivity index (χ0) is 29.7. The van der Waals surface area contributed by atoms with Crippen molar-refractivity contribution in [1.29, 1.82) is 0 Å². The van der Waals surface area contributed by atoms with Gasteiger partial charge in [-0.3, -0.25) is 9.59 Å². The maximum Gasteiger partial charge on any atom is 0.246 e. The molecule has 0 saturated heterocycles. The van der Waals surface area contributed by atoms with E-state index in [1.165, 1.54) is 6.08 Å².